The number of hydrogen-bond donors (Lipinski definition) is 1. The molecule has 0 aliphatic carbocycles. The predicted molar refractivity (Wildman–Crippen MR) is 146 cm³/mol. The van der Waals surface area contributed by atoms with Crippen LogP contribution in [0.4, 0.5) is 0 Å². The molecule has 202 valence electrons. The van der Waals surface area contributed by atoms with Gasteiger partial charge in [0.05, 0.1) is 58.5 Å². The van der Waals surface area contributed by atoms with Crippen molar-refractivity contribution >= 4 is 28.3 Å². The van der Waals surface area contributed by atoms with Crippen LogP contribution in [0.1, 0.15) is 23.1 Å². The maximum atomic E-state index is 12.2. The van der Waals surface area contributed by atoms with Crippen LogP contribution >= 0.6 is 11.7 Å². The number of rotatable bonds is 7. The van der Waals surface area contributed by atoms with E-state index in [1.54, 1.807) is 33.7 Å². The fraction of sp³-hybridized carbons (Fsp3) is 0.310. The Hall–Kier alpha value is -4.02. The molecule has 0 radical (unpaired) electrons. The van der Waals surface area contributed by atoms with E-state index in [1.165, 1.54) is 11.7 Å². The van der Waals surface area contributed by atoms with E-state index in [9.17, 15) is 5.11 Å². The van der Waals surface area contributed by atoms with Crippen molar-refractivity contribution in [2.24, 2.45) is 5.92 Å². The van der Waals surface area contributed by atoms with Gasteiger partial charge < -0.3 is 33.5 Å². The maximum absolute atomic E-state index is 12.2. The van der Waals surface area contributed by atoms with Gasteiger partial charge in [0.1, 0.15) is 11.0 Å². The van der Waals surface area contributed by atoms with E-state index >= 15 is 0 Å². The summed E-state index contributed by atoms with van der Waals surface area (Å²) in [5.74, 6) is 0.604. The van der Waals surface area contributed by atoms with Crippen molar-refractivity contribution in [3.63, 3.8) is 0 Å². The highest BCUT2D eigenvalue weighted by Crippen LogP contribution is 2.50. The predicted octanol–water partition coefficient (Wildman–Crippen LogP) is 4.95. The third-order valence-corrected chi connectivity index (χ3v) is 7.68. The SMILES string of the molecule is COc1cc(CC2C(c3ccc4nsnc4c3)=COC2(O)c2ccc3c(c2)OCCCO3)cc(OC)c1OC. The number of ether oxygens (including phenoxy) is 6. The second kappa shape index (κ2) is 10.3. The lowest BCUT2D eigenvalue weighted by Gasteiger charge is -2.32. The third kappa shape index (κ3) is 4.49. The largest absolute Gasteiger partial charge is 0.493 e. The van der Waals surface area contributed by atoms with Gasteiger partial charge >= 0.3 is 0 Å². The monoisotopic (exact) mass is 548 g/mol. The molecule has 10 heteroatoms. The van der Waals surface area contributed by atoms with Crippen LogP contribution in [0.2, 0.25) is 0 Å². The zero-order chi connectivity index (χ0) is 27.0. The van der Waals surface area contributed by atoms with Crippen LogP contribution in [-0.4, -0.2) is 48.4 Å². The minimum Gasteiger partial charge on any atom is -0.493 e. The first kappa shape index (κ1) is 25.3. The first-order valence-corrected chi connectivity index (χ1v) is 13.3. The molecule has 2 aliphatic rings. The van der Waals surface area contributed by atoms with Crippen molar-refractivity contribution in [3.8, 4) is 28.7 Å². The molecular formula is C29H28N2O7S. The molecule has 0 saturated heterocycles. The van der Waals surface area contributed by atoms with Crippen LogP contribution in [0.25, 0.3) is 16.6 Å². The summed E-state index contributed by atoms with van der Waals surface area (Å²) in [6.07, 6.45) is 2.82. The highest BCUT2D eigenvalue weighted by molar-refractivity contribution is 7.00. The minimum absolute atomic E-state index is 0.404. The molecule has 2 unspecified atom stereocenters. The quantitative estimate of drug-likeness (QED) is 0.344. The van der Waals surface area contributed by atoms with Crippen molar-refractivity contribution < 1.29 is 33.5 Å². The van der Waals surface area contributed by atoms with Crippen LogP contribution < -0.4 is 23.7 Å². The van der Waals surface area contributed by atoms with E-state index in [-0.39, 0.29) is 0 Å². The Morgan fingerprint density at radius 3 is 2.38 bits per heavy atom. The van der Waals surface area contributed by atoms with Gasteiger partial charge in [-0.15, -0.1) is 0 Å². The van der Waals surface area contributed by atoms with Crippen molar-refractivity contribution in [1.29, 1.82) is 0 Å². The zero-order valence-corrected chi connectivity index (χ0v) is 22.6. The van der Waals surface area contributed by atoms with Crippen LogP contribution in [0.5, 0.6) is 28.7 Å². The summed E-state index contributed by atoms with van der Waals surface area (Å²) in [5.41, 5.74) is 4.76. The third-order valence-electron chi connectivity index (χ3n) is 7.13. The summed E-state index contributed by atoms with van der Waals surface area (Å²) in [6.45, 7) is 1.12. The second-order valence-corrected chi connectivity index (χ2v) is 9.89. The minimum atomic E-state index is -1.68. The van der Waals surface area contributed by atoms with Gasteiger partial charge in [-0.25, -0.2) is 0 Å². The molecule has 39 heavy (non-hydrogen) atoms. The Morgan fingerprint density at radius 2 is 1.64 bits per heavy atom. The van der Waals surface area contributed by atoms with Crippen molar-refractivity contribution in [3.05, 3.63) is 71.5 Å². The maximum Gasteiger partial charge on any atom is 0.241 e. The molecule has 2 atom stereocenters. The molecule has 6 rings (SSSR count). The normalized spacial score (nSPS) is 20.2. The number of aliphatic hydroxyl groups is 1. The molecule has 4 aromatic rings. The van der Waals surface area contributed by atoms with Crippen molar-refractivity contribution in [2.75, 3.05) is 34.5 Å². The molecule has 3 heterocycles. The summed E-state index contributed by atoms with van der Waals surface area (Å²) >= 11 is 1.17. The molecule has 0 fully saturated rings. The van der Waals surface area contributed by atoms with Gasteiger partial charge in [-0.2, -0.15) is 8.75 Å². The van der Waals surface area contributed by atoms with E-state index in [0.29, 0.717) is 53.9 Å². The highest BCUT2D eigenvalue weighted by Gasteiger charge is 2.48. The number of nitrogens with zero attached hydrogens (tertiary/aromatic N) is 2. The molecule has 3 aromatic carbocycles. The average molecular weight is 549 g/mol. The Bertz CT molecular complexity index is 1530. The number of aromatic nitrogens is 2. The first-order valence-electron chi connectivity index (χ1n) is 12.6. The molecule has 0 saturated carbocycles. The Balaban J connectivity index is 1.44. The Labute approximate surface area is 229 Å². The molecular weight excluding hydrogens is 520 g/mol. The zero-order valence-electron chi connectivity index (χ0n) is 21.8. The lowest BCUT2D eigenvalue weighted by molar-refractivity contribution is -0.187. The van der Waals surface area contributed by atoms with Gasteiger partial charge in [0, 0.05) is 17.6 Å². The van der Waals surface area contributed by atoms with Crippen molar-refractivity contribution in [1.82, 2.24) is 8.75 Å². The Morgan fingerprint density at radius 1 is 0.897 bits per heavy atom. The molecule has 9 nitrogen and oxygen atoms in total. The van der Waals surface area contributed by atoms with E-state index in [0.717, 1.165) is 34.2 Å². The highest BCUT2D eigenvalue weighted by atomic mass is 32.1. The van der Waals surface area contributed by atoms with Gasteiger partial charge in [-0.3, -0.25) is 0 Å². The number of benzene rings is 3. The van der Waals surface area contributed by atoms with Crippen molar-refractivity contribution in [2.45, 2.75) is 18.6 Å². The lowest BCUT2D eigenvalue weighted by Crippen LogP contribution is -2.35. The summed E-state index contributed by atoms with van der Waals surface area (Å²) in [6, 6.07) is 15.1. The van der Waals surface area contributed by atoms with E-state index in [4.69, 9.17) is 28.4 Å². The van der Waals surface area contributed by atoms with E-state index < -0.39 is 11.7 Å². The molecule has 0 bridgehead atoms. The van der Waals surface area contributed by atoms with Crippen LogP contribution in [0.15, 0.2) is 54.8 Å². The summed E-state index contributed by atoms with van der Waals surface area (Å²) in [4.78, 5) is 0. The van der Waals surface area contributed by atoms with Gasteiger partial charge in [0.2, 0.25) is 11.5 Å². The lowest BCUT2D eigenvalue weighted by atomic mass is 9.80. The smallest absolute Gasteiger partial charge is 0.241 e. The first-order chi connectivity index (χ1) is 19.0. The number of methoxy groups -OCH3 is 3. The van der Waals surface area contributed by atoms with Gasteiger partial charge in [0.25, 0.3) is 0 Å². The van der Waals surface area contributed by atoms with Crippen LogP contribution in [0, 0.1) is 5.92 Å². The standard InChI is InChI=1S/C29H28N2O7S/c1-33-26-12-17(13-27(34-2)28(26)35-3)11-21-20(18-5-7-22-23(14-18)31-39-30-22)16-38-29(21,32)19-6-8-24-25(15-19)37-10-4-9-36-24/h5-8,12-16,21,32H,4,9-11H2,1-3H3. The van der Waals surface area contributed by atoms with Crippen LogP contribution in [0.3, 0.4) is 0 Å². The average Bonchev–Trinajstić information content (AvgIpc) is 3.48. The van der Waals surface area contributed by atoms with E-state index in [2.05, 4.69) is 8.75 Å². The Kier molecular flexibility index (Phi) is 6.66. The van der Waals surface area contributed by atoms with Crippen LogP contribution in [-0.2, 0) is 16.9 Å². The fourth-order valence-corrected chi connectivity index (χ4v) is 5.67. The topological polar surface area (TPSA) is 101 Å². The van der Waals surface area contributed by atoms with E-state index in [1.807, 2.05) is 42.5 Å². The summed E-state index contributed by atoms with van der Waals surface area (Å²) in [5, 5.41) is 12.2. The summed E-state index contributed by atoms with van der Waals surface area (Å²) < 4.78 is 43.2. The molecule has 2 aliphatic heterocycles. The number of hydrogen-bond acceptors (Lipinski definition) is 10. The van der Waals surface area contributed by atoms with Gasteiger partial charge in [-0.05, 0) is 60.0 Å². The summed E-state index contributed by atoms with van der Waals surface area (Å²) in [7, 11) is 4.73. The molecule has 0 amide bonds. The molecule has 0 spiro atoms. The number of fused-ring (bicyclic) bond motifs is 2. The molecule has 1 aromatic heterocycles. The second-order valence-electron chi connectivity index (χ2n) is 9.36. The molecule has 1 N–H and O–H groups in total. The fourth-order valence-electron chi connectivity index (χ4n) is 5.15. The van der Waals surface area contributed by atoms with Gasteiger partial charge in [0.15, 0.2) is 23.0 Å². The van der Waals surface area contributed by atoms with Gasteiger partial charge in [-0.1, -0.05) is 6.07 Å².